The fourth-order valence-electron chi connectivity index (χ4n) is 2.74. The number of phenols is 1. The second kappa shape index (κ2) is 5.04. The minimum absolute atomic E-state index is 0.00127. The van der Waals surface area contributed by atoms with Crippen LogP contribution >= 0.6 is 0 Å². The fourth-order valence-corrected chi connectivity index (χ4v) is 2.74. The Morgan fingerprint density at radius 2 is 2.00 bits per heavy atom. The summed E-state index contributed by atoms with van der Waals surface area (Å²) in [6.07, 6.45) is 0.734. The lowest BCUT2D eigenvalue weighted by Gasteiger charge is -2.29. The van der Waals surface area contributed by atoms with Crippen LogP contribution in [-0.2, 0) is 4.74 Å². The zero-order valence-electron chi connectivity index (χ0n) is 12.2. The molecule has 1 saturated heterocycles. The summed E-state index contributed by atoms with van der Waals surface area (Å²) < 4.78 is 5.53. The van der Waals surface area contributed by atoms with Crippen LogP contribution in [-0.4, -0.2) is 29.3 Å². The molecule has 4 heteroatoms. The summed E-state index contributed by atoms with van der Waals surface area (Å²) >= 11 is 0. The monoisotopic (exact) mass is 285 g/mol. The second-order valence-electron chi connectivity index (χ2n) is 5.85. The third-order valence-electron chi connectivity index (χ3n) is 4.39. The number of carbonyl (C=O) groups is 1. The van der Waals surface area contributed by atoms with Gasteiger partial charge in [-0.2, -0.15) is 0 Å². The van der Waals surface area contributed by atoms with Crippen LogP contribution in [0.3, 0.4) is 0 Å². The zero-order valence-corrected chi connectivity index (χ0v) is 12.2. The molecule has 2 atom stereocenters. The highest BCUT2D eigenvalue weighted by atomic mass is 16.5. The molecule has 2 aromatic carbocycles. The number of phenolic OH excluding ortho intramolecular Hbond substituents is 1. The van der Waals surface area contributed by atoms with Gasteiger partial charge in [0.15, 0.2) is 0 Å². The van der Waals surface area contributed by atoms with E-state index in [0.717, 1.165) is 17.2 Å². The summed E-state index contributed by atoms with van der Waals surface area (Å²) in [7, 11) is 0. The number of benzene rings is 2. The number of aromatic hydroxyl groups is 1. The van der Waals surface area contributed by atoms with Crippen molar-refractivity contribution < 1.29 is 14.6 Å². The first-order valence-electron chi connectivity index (χ1n) is 7.15. The molecule has 1 amide bonds. The molecule has 2 unspecified atom stereocenters. The summed E-state index contributed by atoms with van der Waals surface area (Å²) in [6.45, 7) is 4.57. The number of ether oxygens (including phenoxy) is 1. The van der Waals surface area contributed by atoms with Crippen LogP contribution in [0.1, 0.15) is 30.6 Å². The third kappa shape index (κ3) is 2.47. The van der Waals surface area contributed by atoms with Gasteiger partial charge in [-0.15, -0.1) is 0 Å². The molecule has 4 nitrogen and oxygen atoms in total. The standard InChI is InChI=1S/C17H19NO3/c1-11-17(2,7-8-21-11)18-16(20)14-9-12-5-3-4-6-13(12)10-15(14)19/h3-6,9-11,19H,7-8H2,1-2H3,(H,18,20). The highest BCUT2D eigenvalue weighted by Gasteiger charge is 2.38. The average molecular weight is 285 g/mol. The van der Waals surface area contributed by atoms with Crippen molar-refractivity contribution in [1.29, 1.82) is 0 Å². The zero-order chi connectivity index (χ0) is 15.0. The number of nitrogens with one attached hydrogen (secondary N) is 1. The Labute approximate surface area is 123 Å². The van der Waals surface area contributed by atoms with E-state index in [0.29, 0.717) is 12.2 Å². The van der Waals surface area contributed by atoms with Crippen molar-refractivity contribution in [2.24, 2.45) is 0 Å². The first-order valence-corrected chi connectivity index (χ1v) is 7.15. The molecule has 2 N–H and O–H groups in total. The van der Waals surface area contributed by atoms with E-state index in [2.05, 4.69) is 5.32 Å². The largest absolute Gasteiger partial charge is 0.507 e. The molecule has 0 radical (unpaired) electrons. The van der Waals surface area contributed by atoms with Crippen molar-refractivity contribution in [1.82, 2.24) is 5.32 Å². The number of hydrogen-bond donors (Lipinski definition) is 2. The number of rotatable bonds is 2. The first kappa shape index (κ1) is 13.9. The van der Waals surface area contributed by atoms with Crippen LogP contribution in [0.15, 0.2) is 36.4 Å². The van der Waals surface area contributed by atoms with E-state index >= 15 is 0 Å². The normalized spacial score (nSPS) is 25.1. The lowest BCUT2D eigenvalue weighted by Crippen LogP contribution is -2.50. The van der Waals surface area contributed by atoms with Crippen molar-refractivity contribution in [3.8, 4) is 5.75 Å². The van der Waals surface area contributed by atoms with Crippen molar-refractivity contribution in [3.05, 3.63) is 42.0 Å². The predicted molar refractivity (Wildman–Crippen MR) is 81.5 cm³/mol. The molecular formula is C17H19NO3. The highest BCUT2D eigenvalue weighted by molar-refractivity contribution is 6.01. The van der Waals surface area contributed by atoms with Gasteiger partial charge in [-0.25, -0.2) is 0 Å². The van der Waals surface area contributed by atoms with Crippen LogP contribution < -0.4 is 5.32 Å². The molecule has 0 aromatic heterocycles. The Balaban J connectivity index is 1.92. The Bertz CT molecular complexity index is 697. The van der Waals surface area contributed by atoms with Crippen LogP contribution in [0, 0.1) is 0 Å². The van der Waals surface area contributed by atoms with Crippen molar-refractivity contribution in [2.75, 3.05) is 6.61 Å². The van der Waals surface area contributed by atoms with Crippen molar-refractivity contribution in [2.45, 2.75) is 31.9 Å². The van der Waals surface area contributed by atoms with Gasteiger partial charge >= 0.3 is 0 Å². The van der Waals surface area contributed by atoms with Gasteiger partial charge in [-0.3, -0.25) is 4.79 Å². The Morgan fingerprint density at radius 3 is 2.62 bits per heavy atom. The van der Waals surface area contributed by atoms with Gasteiger partial charge in [0.2, 0.25) is 0 Å². The summed E-state index contributed by atoms with van der Waals surface area (Å²) in [4.78, 5) is 12.5. The summed E-state index contributed by atoms with van der Waals surface area (Å²) in [5.74, 6) is -0.264. The maximum atomic E-state index is 12.5. The first-order chi connectivity index (χ1) is 9.99. The van der Waals surface area contributed by atoms with Gasteiger partial charge in [0.05, 0.1) is 17.2 Å². The molecule has 0 bridgehead atoms. The Morgan fingerprint density at radius 1 is 1.33 bits per heavy atom. The van der Waals surface area contributed by atoms with Crippen molar-refractivity contribution in [3.63, 3.8) is 0 Å². The molecule has 1 aliphatic heterocycles. The number of amides is 1. The van der Waals surface area contributed by atoms with E-state index in [9.17, 15) is 9.90 Å². The molecule has 3 rings (SSSR count). The lowest BCUT2D eigenvalue weighted by molar-refractivity contribution is 0.0726. The van der Waals surface area contributed by atoms with Gasteiger partial charge in [0.1, 0.15) is 5.75 Å². The topological polar surface area (TPSA) is 58.6 Å². The van der Waals surface area contributed by atoms with E-state index in [-0.39, 0.29) is 17.8 Å². The van der Waals surface area contributed by atoms with E-state index in [1.807, 2.05) is 38.1 Å². The van der Waals surface area contributed by atoms with Gasteiger partial charge in [0, 0.05) is 6.61 Å². The third-order valence-corrected chi connectivity index (χ3v) is 4.39. The Hall–Kier alpha value is -2.07. The molecule has 2 aromatic rings. The number of hydrogen-bond acceptors (Lipinski definition) is 3. The molecular weight excluding hydrogens is 266 g/mol. The number of fused-ring (bicyclic) bond motifs is 1. The maximum absolute atomic E-state index is 12.5. The quantitative estimate of drug-likeness (QED) is 0.892. The van der Waals surface area contributed by atoms with Gasteiger partial charge < -0.3 is 15.2 Å². The summed E-state index contributed by atoms with van der Waals surface area (Å²) in [5.41, 5.74) is -0.0937. The summed E-state index contributed by atoms with van der Waals surface area (Å²) in [5, 5.41) is 15.0. The summed E-state index contributed by atoms with van der Waals surface area (Å²) in [6, 6.07) is 11.0. The SMILES string of the molecule is CC1OCCC1(C)NC(=O)c1cc2ccccc2cc1O. The fraction of sp³-hybridized carbons (Fsp3) is 0.353. The molecule has 1 heterocycles. The van der Waals surface area contributed by atoms with E-state index < -0.39 is 5.54 Å². The van der Waals surface area contributed by atoms with Crippen molar-refractivity contribution >= 4 is 16.7 Å². The van der Waals surface area contributed by atoms with E-state index in [1.54, 1.807) is 12.1 Å². The van der Waals surface area contributed by atoms with Gasteiger partial charge in [-0.1, -0.05) is 24.3 Å². The minimum atomic E-state index is -0.394. The van der Waals surface area contributed by atoms with E-state index in [4.69, 9.17) is 4.74 Å². The lowest BCUT2D eigenvalue weighted by atomic mass is 9.94. The second-order valence-corrected chi connectivity index (χ2v) is 5.85. The molecule has 0 saturated carbocycles. The maximum Gasteiger partial charge on any atom is 0.255 e. The highest BCUT2D eigenvalue weighted by Crippen LogP contribution is 2.28. The molecule has 21 heavy (non-hydrogen) atoms. The molecule has 110 valence electrons. The minimum Gasteiger partial charge on any atom is -0.507 e. The predicted octanol–water partition coefficient (Wildman–Crippen LogP) is 2.84. The Kier molecular flexibility index (Phi) is 3.33. The molecule has 0 spiro atoms. The van der Waals surface area contributed by atoms with Gasteiger partial charge in [-0.05, 0) is 43.2 Å². The molecule has 1 aliphatic rings. The van der Waals surface area contributed by atoms with Crippen LogP contribution in [0.5, 0.6) is 5.75 Å². The van der Waals surface area contributed by atoms with Crippen LogP contribution in [0.2, 0.25) is 0 Å². The molecule has 0 aliphatic carbocycles. The van der Waals surface area contributed by atoms with Crippen LogP contribution in [0.4, 0.5) is 0 Å². The van der Waals surface area contributed by atoms with Crippen LogP contribution in [0.25, 0.3) is 10.8 Å². The van der Waals surface area contributed by atoms with Gasteiger partial charge in [0.25, 0.3) is 5.91 Å². The molecule has 1 fully saturated rings. The average Bonchev–Trinajstić information content (AvgIpc) is 2.77. The smallest absolute Gasteiger partial charge is 0.255 e. The van der Waals surface area contributed by atoms with E-state index in [1.165, 1.54) is 0 Å². The number of carbonyl (C=O) groups excluding carboxylic acids is 1.